The van der Waals surface area contributed by atoms with E-state index >= 15 is 0 Å². The minimum atomic E-state index is -1.13. The van der Waals surface area contributed by atoms with Gasteiger partial charge in [0, 0.05) is 17.2 Å². The number of halogens is 2. The number of nitro groups is 1. The van der Waals surface area contributed by atoms with E-state index in [1.807, 2.05) is 0 Å². The molecule has 0 heterocycles. The third kappa shape index (κ3) is 6.12. The molecule has 1 atom stereocenters. The van der Waals surface area contributed by atoms with Crippen molar-refractivity contribution in [3.63, 3.8) is 0 Å². The lowest BCUT2D eigenvalue weighted by atomic mass is 10.2. The zero-order valence-corrected chi connectivity index (χ0v) is 15.5. The molecule has 1 amide bonds. The van der Waals surface area contributed by atoms with Gasteiger partial charge in [0.1, 0.15) is 5.75 Å². The highest BCUT2D eigenvalue weighted by atomic mass is 35.5. The maximum Gasteiger partial charge on any atom is 0.344 e. The average molecular weight is 413 g/mol. The van der Waals surface area contributed by atoms with Crippen molar-refractivity contribution in [3.05, 3.63) is 62.6 Å². The molecule has 0 radical (unpaired) electrons. The Kier molecular flexibility index (Phi) is 6.98. The summed E-state index contributed by atoms with van der Waals surface area (Å²) < 4.78 is 10.2. The Morgan fingerprint density at radius 1 is 1.19 bits per heavy atom. The van der Waals surface area contributed by atoms with Gasteiger partial charge in [0.15, 0.2) is 12.7 Å². The van der Waals surface area contributed by atoms with Gasteiger partial charge in [0.2, 0.25) is 0 Å². The van der Waals surface area contributed by atoms with Gasteiger partial charge < -0.3 is 14.8 Å². The van der Waals surface area contributed by atoms with Gasteiger partial charge in [-0.25, -0.2) is 4.79 Å². The van der Waals surface area contributed by atoms with E-state index in [0.717, 1.165) is 6.07 Å². The molecular weight excluding hydrogens is 399 g/mol. The number of carbonyl (C=O) groups excluding carboxylic acids is 2. The number of anilines is 1. The van der Waals surface area contributed by atoms with E-state index in [-0.39, 0.29) is 16.4 Å². The molecule has 2 aromatic carbocycles. The minimum absolute atomic E-state index is 0.0119. The lowest BCUT2D eigenvalue weighted by Gasteiger charge is -2.14. The summed E-state index contributed by atoms with van der Waals surface area (Å²) in [5.41, 5.74) is -0.0515. The van der Waals surface area contributed by atoms with E-state index in [1.54, 1.807) is 24.3 Å². The third-order valence-corrected chi connectivity index (χ3v) is 3.83. The van der Waals surface area contributed by atoms with Crippen LogP contribution in [0.5, 0.6) is 5.75 Å². The van der Waals surface area contributed by atoms with Crippen LogP contribution in [0, 0.1) is 10.1 Å². The van der Waals surface area contributed by atoms with Crippen LogP contribution in [0.15, 0.2) is 42.5 Å². The van der Waals surface area contributed by atoms with Crippen molar-refractivity contribution >= 4 is 46.5 Å². The number of hydrogen-bond donors (Lipinski definition) is 1. The molecule has 27 heavy (non-hydrogen) atoms. The largest absolute Gasteiger partial charge is 0.482 e. The summed E-state index contributed by atoms with van der Waals surface area (Å²) >= 11 is 11.6. The Hall–Kier alpha value is -2.84. The maximum atomic E-state index is 12.1. The van der Waals surface area contributed by atoms with Gasteiger partial charge in [-0.3, -0.25) is 14.9 Å². The zero-order chi connectivity index (χ0) is 20.0. The second-order valence-corrected chi connectivity index (χ2v) is 6.13. The molecule has 0 fully saturated rings. The van der Waals surface area contributed by atoms with Gasteiger partial charge in [-0.05, 0) is 37.3 Å². The Morgan fingerprint density at radius 3 is 2.44 bits per heavy atom. The number of hydrogen-bond acceptors (Lipinski definition) is 6. The SMILES string of the molecule is C[C@@H](OC(=O)COc1ccc(Cl)cc1)C(=O)Nc1ccc([N+](=O)[O-])cc1Cl. The summed E-state index contributed by atoms with van der Waals surface area (Å²) in [6.45, 7) is 0.979. The summed E-state index contributed by atoms with van der Waals surface area (Å²) in [5, 5.41) is 13.6. The smallest absolute Gasteiger partial charge is 0.344 e. The Balaban J connectivity index is 1.86. The number of esters is 1. The number of rotatable bonds is 7. The van der Waals surface area contributed by atoms with Crippen LogP contribution < -0.4 is 10.1 Å². The highest BCUT2D eigenvalue weighted by Crippen LogP contribution is 2.26. The van der Waals surface area contributed by atoms with Crippen LogP contribution in [0.4, 0.5) is 11.4 Å². The summed E-state index contributed by atoms with van der Waals surface area (Å²) in [5.74, 6) is -0.973. The van der Waals surface area contributed by atoms with Crippen LogP contribution >= 0.6 is 23.2 Å². The van der Waals surface area contributed by atoms with E-state index < -0.39 is 29.5 Å². The van der Waals surface area contributed by atoms with Crippen molar-refractivity contribution in [1.29, 1.82) is 0 Å². The fourth-order valence-electron chi connectivity index (χ4n) is 1.91. The summed E-state index contributed by atoms with van der Waals surface area (Å²) in [7, 11) is 0. The average Bonchev–Trinajstić information content (AvgIpc) is 2.62. The molecule has 0 saturated carbocycles. The molecule has 0 spiro atoms. The molecule has 10 heteroatoms. The van der Waals surface area contributed by atoms with Gasteiger partial charge in [-0.1, -0.05) is 23.2 Å². The predicted molar refractivity (Wildman–Crippen MR) is 99.2 cm³/mol. The van der Waals surface area contributed by atoms with E-state index in [0.29, 0.717) is 10.8 Å². The first-order valence-corrected chi connectivity index (χ1v) is 8.34. The molecule has 0 aromatic heterocycles. The van der Waals surface area contributed by atoms with Crippen LogP contribution in [-0.4, -0.2) is 29.5 Å². The van der Waals surface area contributed by atoms with Crippen molar-refractivity contribution in [2.24, 2.45) is 0 Å². The molecular formula is C17H14Cl2N2O6. The monoisotopic (exact) mass is 412 g/mol. The highest BCUT2D eigenvalue weighted by molar-refractivity contribution is 6.34. The predicted octanol–water partition coefficient (Wildman–Crippen LogP) is 3.85. The first-order chi connectivity index (χ1) is 12.8. The van der Waals surface area contributed by atoms with Gasteiger partial charge in [-0.2, -0.15) is 0 Å². The standard InChI is InChI=1S/C17H14Cl2N2O6/c1-10(27-16(22)9-26-13-5-2-11(18)3-6-13)17(23)20-15-7-4-12(21(24)25)8-14(15)19/h2-8,10H,9H2,1H3,(H,20,23)/t10-/m1/s1. The first-order valence-electron chi connectivity index (χ1n) is 7.59. The van der Waals surface area contributed by atoms with Gasteiger partial charge in [0.25, 0.3) is 11.6 Å². The fraction of sp³-hybridized carbons (Fsp3) is 0.176. The molecule has 8 nitrogen and oxygen atoms in total. The number of nitrogens with one attached hydrogen (secondary N) is 1. The number of benzene rings is 2. The summed E-state index contributed by atoms with van der Waals surface area (Å²) in [4.78, 5) is 33.9. The fourth-order valence-corrected chi connectivity index (χ4v) is 2.26. The number of non-ortho nitro benzene ring substituents is 1. The Bertz CT molecular complexity index is 857. The maximum absolute atomic E-state index is 12.1. The van der Waals surface area contributed by atoms with Crippen LogP contribution in [0.2, 0.25) is 10.0 Å². The molecule has 0 unspecified atom stereocenters. The minimum Gasteiger partial charge on any atom is -0.482 e. The number of nitro benzene ring substituents is 1. The van der Waals surface area contributed by atoms with E-state index in [2.05, 4.69) is 5.32 Å². The molecule has 0 aliphatic rings. The van der Waals surface area contributed by atoms with Crippen molar-refractivity contribution in [2.75, 3.05) is 11.9 Å². The molecule has 1 N–H and O–H groups in total. The quantitative estimate of drug-likeness (QED) is 0.420. The van der Waals surface area contributed by atoms with Gasteiger partial charge >= 0.3 is 5.97 Å². The van der Waals surface area contributed by atoms with Crippen LogP contribution in [0.3, 0.4) is 0 Å². The molecule has 0 bridgehead atoms. The Labute approximate surface area is 164 Å². The molecule has 2 aromatic rings. The van der Waals surface area contributed by atoms with Gasteiger partial charge in [-0.15, -0.1) is 0 Å². The second-order valence-electron chi connectivity index (χ2n) is 5.29. The zero-order valence-electron chi connectivity index (χ0n) is 14.0. The number of amides is 1. The molecule has 0 aliphatic carbocycles. The number of nitrogens with zero attached hydrogens (tertiary/aromatic N) is 1. The van der Waals surface area contributed by atoms with Crippen molar-refractivity contribution in [1.82, 2.24) is 0 Å². The normalized spacial score (nSPS) is 11.4. The van der Waals surface area contributed by atoms with Crippen molar-refractivity contribution in [3.8, 4) is 5.75 Å². The van der Waals surface area contributed by atoms with Crippen LogP contribution in [-0.2, 0) is 14.3 Å². The summed E-state index contributed by atoms with van der Waals surface area (Å²) in [6, 6.07) is 9.96. The molecule has 142 valence electrons. The van der Waals surface area contributed by atoms with Crippen LogP contribution in [0.25, 0.3) is 0 Å². The Morgan fingerprint density at radius 2 is 1.85 bits per heavy atom. The summed E-state index contributed by atoms with van der Waals surface area (Å²) in [6.07, 6.45) is -1.13. The topological polar surface area (TPSA) is 108 Å². The van der Waals surface area contributed by atoms with Crippen molar-refractivity contribution in [2.45, 2.75) is 13.0 Å². The molecule has 2 rings (SSSR count). The van der Waals surface area contributed by atoms with E-state index in [1.165, 1.54) is 19.1 Å². The third-order valence-electron chi connectivity index (χ3n) is 3.27. The lowest BCUT2D eigenvalue weighted by Crippen LogP contribution is -2.31. The lowest BCUT2D eigenvalue weighted by molar-refractivity contribution is -0.384. The van der Waals surface area contributed by atoms with Gasteiger partial charge in [0.05, 0.1) is 15.6 Å². The first kappa shape index (κ1) is 20.5. The van der Waals surface area contributed by atoms with E-state index in [4.69, 9.17) is 32.7 Å². The van der Waals surface area contributed by atoms with Crippen molar-refractivity contribution < 1.29 is 24.0 Å². The van der Waals surface area contributed by atoms with Crippen LogP contribution in [0.1, 0.15) is 6.92 Å². The second kappa shape index (κ2) is 9.20. The van der Waals surface area contributed by atoms with E-state index in [9.17, 15) is 19.7 Å². The molecule has 0 saturated heterocycles. The number of ether oxygens (including phenoxy) is 2. The number of carbonyl (C=O) groups is 2. The highest BCUT2D eigenvalue weighted by Gasteiger charge is 2.20. The molecule has 0 aliphatic heterocycles.